The quantitative estimate of drug-likeness (QED) is 0.437. The van der Waals surface area contributed by atoms with Crippen LogP contribution >= 0.6 is 22.9 Å². The number of benzene rings is 2. The Kier molecular flexibility index (Phi) is 5.64. The fraction of sp³-hybridized carbons (Fsp3) is 0.150. The number of carbonyl (C=O) groups excluding carboxylic acids is 1. The van der Waals surface area contributed by atoms with Crippen LogP contribution in [0.2, 0.25) is 5.02 Å². The highest BCUT2D eigenvalue weighted by molar-refractivity contribution is 7.13. The molecule has 4 aromatic rings. The molecule has 0 aliphatic heterocycles. The Hall–Kier alpha value is -3.10. The van der Waals surface area contributed by atoms with Gasteiger partial charge < -0.3 is 4.74 Å². The molecule has 0 saturated carbocycles. The summed E-state index contributed by atoms with van der Waals surface area (Å²) < 4.78 is 6.43. The summed E-state index contributed by atoms with van der Waals surface area (Å²) in [6.07, 6.45) is 0.00837. The van der Waals surface area contributed by atoms with E-state index in [-0.39, 0.29) is 25.1 Å². The summed E-state index contributed by atoms with van der Waals surface area (Å²) in [6.45, 7) is 0.148. The maximum Gasteiger partial charge on any atom is 0.308 e. The first-order valence-electron chi connectivity index (χ1n) is 8.79. The fourth-order valence-electron chi connectivity index (χ4n) is 2.73. The zero-order valence-corrected chi connectivity index (χ0v) is 16.7. The maximum absolute atomic E-state index is 12.4. The van der Waals surface area contributed by atoms with Gasteiger partial charge >= 0.3 is 5.97 Å². The van der Waals surface area contributed by atoms with Gasteiger partial charge in [0.1, 0.15) is 17.1 Å². The Labute approximate surface area is 174 Å². The average molecular weight is 427 g/mol. The second-order valence-electron chi connectivity index (χ2n) is 6.17. The van der Waals surface area contributed by atoms with Gasteiger partial charge in [-0.05, 0) is 18.2 Å². The molecule has 2 heterocycles. The van der Waals surface area contributed by atoms with Crippen molar-refractivity contribution in [2.75, 3.05) is 0 Å². The van der Waals surface area contributed by atoms with Crippen LogP contribution in [0.3, 0.4) is 0 Å². The molecule has 0 radical (unpaired) electrons. The van der Waals surface area contributed by atoms with E-state index in [1.165, 1.54) is 16.0 Å². The number of esters is 1. The minimum Gasteiger partial charge on any atom is -0.459 e. The second-order valence-corrected chi connectivity index (χ2v) is 7.43. The average Bonchev–Trinajstić information content (AvgIpc) is 3.21. The lowest BCUT2D eigenvalue weighted by atomic mass is 10.2. The highest BCUT2D eigenvalue weighted by Gasteiger charge is 2.11. The van der Waals surface area contributed by atoms with Crippen LogP contribution in [-0.4, -0.2) is 25.9 Å². The molecule has 146 valence electrons. The van der Waals surface area contributed by atoms with Gasteiger partial charge in [-0.25, -0.2) is 9.67 Å². The number of ether oxygens (including phenoxy) is 1. The third-order valence-corrected chi connectivity index (χ3v) is 5.45. The van der Waals surface area contributed by atoms with Crippen LogP contribution in [0.5, 0.6) is 0 Å². The minimum absolute atomic E-state index is 0.00837. The third-order valence-electron chi connectivity index (χ3n) is 4.19. The van der Waals surface area contributed by atoms with E-state index < -0.39 is 5.97 Å². The SMILES string of the molecule is O=C(CCn1nnc2ccccc2c1=O)OCc1csc(-c2ccccc2Cl)n1. The van der Waals surface area contributed by atoms with Crippen molar-refractivity contribution < 1.29 is 9.53 Å². The predicted octanol–water partition coefficient (Wildman–Crippen LogP) is 3.70. The summed E-state index contributed by atoms with van der Waals surface area (Å²) in [4.78, 5) is 28.9. The van der Waals surface area contributed by atoms with E-state index in [2.05, 4.69) is 15.3 Å². The Morgan fingerprint density at radius 3 is 2.79 bits per heavy atom. The number of thiazole rings is 1. The standard InChI is InChI=1S/C20H15ClN4O3S/c21-16-7-3-1-5-14(16)19-22-13(12-29-19)11-28-18(26)9-10-25-20(27)15-6-2-4-8-17(15)23-24-25/h1-8,12H,9-11H2. The smallest absolute Gasteiger partial charge is 0.308 e. The molecule has 0 fully saturated rings. The minimum atomic E-state index is -0.445. The van der Waals surface area contributed by atoms with Crippen molar-refractivity contribution >= 4 is 39.8 Å². The lowest BCUT2D eigenvalue weighted by molar-refractivity contribution is -0.145. The molecule has 0 amide bonds. The number of hydrogen-bond acceptors (Lipinski definition) is 7. The second kappa shape index (κ2) is 8.50. The molecule has 4 rings (SSSR count). The molecule has 9 heteroatoms. The molecule has 0 aliphatic carbocycles. The van der Waals surface area contributed by atoms with Gasteiger partial charge in [0.05, 0.1) is 29.1 Å². The Balaban J connectivity index is 1.35. The number of carbonyl (C=O) groups is 1. The van der Waals surface area contributed by atoms with Gasteiger partial charge in [-0.1, -0.05) is 47.1 Å². The van der Waals surface area contributed by atoms with Crippen LogP contribution in [-0.2, 0) is 22.7 Å². The number of fused-ring (bicyclic) bond motifs is 1. The molecule has 29 heavy (non-hydrogen) atoms. The van der Waals surface area contributed by atoms with Crippen molar-refractivity contribution in [2.45, 2.75) is 19.6 Å². The maximum atomic E-state index is 12.4. The summed E-state index contributed by atoms with van der Waals surface area (Å²) in [5.41, 5.74) is 1.72. The van der Waals surface area contributed by atoms with E-state index in [0.29, 0.717) is 21.6 Å². The molecule has 0 unspecified atom stereocenters. The third kappa shape index (κ3) is 4.33. The Morgan fingerprint density at radius 1 is 1.14 bits per heavy atom. The Bertz CT molecular complexity index is 1240. The van der Waals surface area contributed by atoms with E-state index >= 15 is 0 Å². The summed E-state index contributed by atoms with van der Waals surface area (Å²) >= 11 is 7.62. The molecule has 7 nitrogen and oxygen atoms in total. The molecular weight excluding hydrogens is 412 g/mol. The number of halogens is 1. The van der Waals surface area contributed by atoms with Crippen molar-refractivity contribution in [1.82, 2.24) is 20.0 Å². The van der Waals surface area contributed by atoms with Crippen LogP contribution in [0.4, 0.5) is 0 Å². The van der Waals surface area contributed by atoms with Crippen LogP contribution in [0.15, 0.2) is 58.7 Å². The first-order valence-corrected chi connectivity index (χ1v) is 10.0. The highest BCUT2D eigenvalue weighted by atomic mass is 35.5. The summed E-state index contributed by atoms with van der Waals surface area (Å²) in [6, 6.07) is 14.4. The van der Waals surface area contributed by atoms with Crippen LogP contribution < -0.4 is 5.56 Å². The first kappa shape index (κ1) is 19.2. The van der Waals surface area contributed by atoms with E-state index in [0.717, 1.165) is 10.6 Å². The molecule has 0 aliphatic rings. The van der Waals surface area contributed by atoms with E-state index in [1.54, 1.807) is 30.3 Å². The first-order chi connectivity index (χ1) is 14.1. The normalized spacial score (nSPS) is 10.9. The fourth-order valence-corrected chi connectivity index (χ4v) is 3.85. The Morgan fingerprint density at radius 2 is 1.93 bits per heavy atom. The van der Waals surface area contributed by atoms with E-state index in [4.69, 9.17) is 16.3 Å². The lowest BCUT2D eigenvalue weighted by Gasteiger charge is -2.05. The zero-order valence-electron chi connectivity index (χ0n) is 15.1. The van der Waals surface area contributed by atoms with Crippen molar-refractivity contribution in [3.05, 3.63) is 75.0 Å². The summed E-state index contributed by atoms with van der Waals surface area (Å²) in [5.74, 6) is -0.445. The molecular formula is C20H15ClN4O3S. The lowest BCUT2D eigenvalue weighted by Crippen LogP contribution is -2.25. The van der Waals surface area contributed by atoms with Crippen molar-refractivity contribution in [1.29, 1.82) is 0 Å². The molecule has 2 aromatic heterocycles. The number of aryl methyl sites for hydroxylation is 1. The number of nitrogens with zero attached hydrogens (tertiary/aromatic N) is 4. The number of aromatic nitrogens is 4. The van der Waals surface area contributed by atoms with Gasteiger partial charge in [0.2, 0.25) is 0 Å². The van der Waals surface area contributed by atoms with Crippen molar-refractivity contribution in [3.8, 4) is 10.6 Å². The highest BCUT2D eigenvalue weighted by Crippen LogP contribution is 2.30. The van der Waals surface area contributed by atoms with Crippen molar-refractivity contribution in [3.63, 3.8) is 0 Å². The molecule has 0 bridgehead atoms. The van der Waals surface area contributed by atoms with Gasteiger partial charge in [0, 0.05) is 10.9 Å². The van der Waals surface area contributed by atoms with Gasteiger partial charge in [-0.2, -0.15) is 0 Å². The summed E-state index contributed by atoms with van der Waals surface area (Å²) in [5, 5.41) is 11.5. The van der Waals surface area contributed by atoms with Crippen LogP contribution in [0.25, 0.3) is 21.5 Å². The molecule has 0 N–H and O–H groups in total. The summed E-state index contributed by atoms with van der Waals surface area (Å²) in [7, 11) is 0. The van der Waals surface area contributed by atoms with E-state index in [9.17, 15) is 9.59 Å². The predicted molar refractivity (Wildman–Crippen MR) is 111 cm³/mol. The van der Waals surface area contributed by atoms with Crippen LogP contribution in [0.1, 0.15) is 12.1 Å². The largest absolute Gasteiger partial charge is 0.459 e. The molecule has 0 spiro atoms. The molecule has 0 atom stereocenters. The van der Waals surface area contributed by atoms with Crippen molar-refractivity contribution in [2.24, 2.45) is 0 Å². The van der Waals surface area contributed by atoms with Gasteiger partial charge in [0.25, 0.3) is 5.56 Å². The molecule has 2 aromatic carbocycles. The number of rotatable bonds is 6. The van der Waals surface area contributed by atoms with Gasteiger partial charge in [-0.15, -0.1) is 16.4 Å². The molecule has 0 saturated heterocycles. The monoisotopic (exact) mass is 426 g/mol. The number of hydrogen-bond donors (Lipinski definition) is 0. The van der Waals surface area contributed by atoms with Gasteiger partial charge in [-0.3, -0.25) is 9.59 Å². The topological polar surface area (TPSA) is 87.0 Å². The van der Waals surface area contributed by atoms with Crippen LogP contribution in [0, 0.1) is 0 Å². The van der Waals surface area contributed by atoms with Gasteiger partial charge in [0.15, 0.2) is 0 Å². The zero-order chi connectivity index (χ0) is 20.2. The van der Waals surface area contributed by atoms with E-state index in [1.807, 2.05) is 23.6 Å².